The van der Waals surface area contributed by atoms with Gasteiger partial charge in [0.2, 0.25) is 0 Å². The maximum absolute atomic E-state index is 14.0. The third-order valence-corrected chi connectivity index (χ3v) is 8.52. The number of benzene rings is 2. The number of anilines is 1. The average Bonchev–Trinajstić information content (AvgIpc) is 3.57. The van der Waals surface area contributed by atoms with Gasteiger partial charge >= 0.3 is 5.97 Å². The number of rotatable bonds is 8. The molecule has 0 aliphatic carbocycles. The number of esters is 1. The Labute approximate surface area is 240 Å². The summed E-state index contributed by atoms with van der Waals surface area (Å²) in [5.41, 5.74) is 3.66. The lowest BCUT2D eigenvalue weighted by Crippen LogP contribution is -2.40. The molecule has 3 heterocycles. The van der Waals surface area contributed by atoms with Gasteiger partial charge in [0.25, 0.3) is 5.56 Å². The van der Waals surface area contributed by atoms with Crippen molar-refractivity contribution >= 4 is 45.0 Å². The van der Waals surface area contributed by atoms with Crippen LogP contribution in [0.5, 0.6) is 5.75 Å². The van der Waals surface area contributed by atoms with Gasteiger partial charge in [-0.05, 0) is 68.2 Å². The summed E-state index contributed by atoms with van der Waals surface area (Å²) in [6.45, 7) is 6.21. The third-order valence-electron chi connectivity index (χ3n) is 7.04. The standard InChI is InChI=1S/C30H32BrN3O4S/c1-4-8-23-26(29(36)38-5-2)27(22-18-20(31)11-14-24(22)37-3)34-28(35)25(39-30(34)32-23)17-19-9-12-21(13-10-19)33-15-6-7-16-33/h9-14,17-18,27H,4-8,15-16H2,1-3H3/b25-17-/t27-/m1/s1. The molecule has 0 unspecified atom stereocenters. The molecule has 2 aliphatic heterocycles. The Hall–Kier alpha value is -3.17. The lowest BCUT2D eigenvalue weighted by Gasteiger charge is -2.27. The molecule has 39 heavy (non-hydrogen) atoms. The monoisotopic (exact) mass is 609 g/mol. The van der Waals surface area contributed by atoms with Crippen LogP contribution >= 0.6 is 27.3 Å². The van der Waals surface area contributed by atoms with Crippen LogP contribution in [0, 0.1) is 0 Å². The van der Waals surface area contributed by atoms with Gasteiger partial charge in [0.1, 0.15) is 11.8 Å². The highest BCUT2D eigenvalue weighted by molar-refractivity contribution is 9.10. The minimum atomic E-state index is -0.728. The minimum Gasteiger partial charge on any atom is -0.496 e. The molecule has 204 valence electrons. The van der Waals surface area contributed by atoms with Crippen molar-refractivity contribution in [3.63, 3.8) is 0 Å². The molecule has 7 nitrogen and oxygen atoms in total. The number of aromatic nitrogens is 1. The number of carbonyl (C=O) groups is 1. The van der Waals surface area contributed by atoms with E-state index in [0.717, 1.165) is 29.5 Å². The van der Waals surface area contributed by atoms with Crippen molar-refractivity contribution < 1.29 is 14.3 Å². The minimum absolute atomic E-state index is 0.202. The quantitative estimate of drug-likeness (QED) is 0.338. The van der Waals surface area contributed by atoms with Crippen molar-refractivity contribution in [1.29, 1.82) is 0 Å². The van der Waals surface area contributed by atoms with E-state index >= 15 is 0 Å². The number of nitrogens with zero attached hydrogens (tertiary/aromatic N) is 3. The summed E-state index contributed by atoms with van der Waals surface area (Å²) in [6.07, 6.45) is 5.73. The van der Waals surface area contributed by atoms with Crippen LogP contribution in [0.4, 0.5) is 5.69 Å². The lowest BCUT2D eigenvalue weighted by molar-refractivity contribution is -0.139. The molecule has 0 spiro atoms. The summed E-state index contributed by atoms with van der Waals surface area (Å²) in [6, 6.07) is 13.2. The Morgan fingerprint density at radius 2 is 1.90 bits per heavy atom. The van der Waals surface area contributed by atoms with Crippen LogP contribution in [0.15, 0.2) is 68.0 Å². The van der Waals surface area contributed by atoms with E-state index in [0.29, 0.717) is 38.3 Å². The molecule has 5 rings (SSSR count). The number of hydrogen-bond acceptors (Lipinski definition) is 7. The van der Waals surface area contributed by atoms with Gasteiger partial charge in [-0.3, -0.25) is 9.36 Å². The predicted octanol–water partition coefficient (Wildman–Crippen LogP) is 4.95. The summed E-state index contributed by atoms with van der Waals surface area (Å²) in [4.78, 5) is 35.2. The second-order valence-corrected chi connectivity index (χ2v) is 11.5. The summed E-state index contributed by atoms with van der Waals surface area (Å²) in [7, 11) is 1.59. The number of hydrogen-bond donors (Lipinski definition) is 0. The van der Waals surface area contributed by atoms with Crippen LogP contribution in [0.1, 0.15) is 56.7 Å². The van der Waals surface area contributed by atoms with E-state index < -0.39 is 12.0 Å². The number of allylic oxidation sites excluding steroid dienone is 1. The summed E-state index contributed by atoms with van der Waals surface area (Å²) >= 11 is 4.90. The van der Waals surface area contributed by atoms with E-state index in [1.807, 2.05) is 43.3 Å². The van der Waals surface area contributed by atoms with Gasteiger partial charge in [-0.1, -0.05) is 52.7 Å². The van der Waals surface area contributed by atoms with E-state index in [1.54, 1.807) is 18.6 Å². The number of halogens is 1. The fourth-order valence-corrected chi connectivity index (χ4v) is 6.64. The van der Waals surface area contributed by atoms with Crippen molar-refractivity contribution in [2.75, 3.05) is 31.7 Å². The Kier molecular flexibility index (Phi) is 8.37. The van der Waals surface area contributed by atoms with E-state index in [4.69, 9.17) is 14.5 Å². The van der Waals surface area contributed by atoms with Gasteiger partial charge in [0.15, 0.2) is 4.80 Å². The van der Waals surface area contributed by atoms with Crippen LogP contribution in [-0.4, -0.2) is 37.3 Å². The molecule has 3 aromatic rings. The maximum atomic E-state index is 14.0. The van der Waals surface area contributed by atoms with Gasteiger partial charge in [-0.25, -0.2) is 9.79 Å². The predicted molar refractivity (Wildman–Crippen MR) is 158 cm³/mol. The molecule has 1 fully saturated rings. The van der Waals surface area contributed by atoms with Crippen LogP contribution in [0.3, 0.4) is 0 Å². The largest absolute Gasteiger partial charge is 0.496 e. The normalized spacial score (nSPS) is 17.3. The fourth-order valence-electron chi connectivity index (χ4n) is 5.24. The van der Waals surface area contributed by atoms with Gasteiger partial charge in [-0.15, -0.1) is 0 Å². The maximum Gasteiger partial charge on any atom is 0.338 e. The molecule has 0 bridgehead atoms. The van der Waals surface area contributed by atoms with Crippen molar-refractivity contribution in [3.8, 4) is 5.75 Å². The molecular weight excluding hydrogens is 578 g/mol. The molecular formula is C30H32BrN3O4S. The van der Waals surface area contributed by atoms with E-state index in [2.05, 4.69) is 33.0 Å². The zero-order valence-electron chi connectivity index (χ0n) is 22.4. The highest BCUT2D eigenvalue weighted by Crippen LogP contribution is 2.38. The van der Waals surface area contributed by atoms with Crippen molar-refractivity contribution in [2.24, 2.45) is 4.99 Å². The summed E-state index contributed by atoms with van der Waals surface area (Å²) in [5.74, 6) is 0.110. The molecule has 1 saturated heterocycles. The zero-order valence-corrected chi connectivity index (χ0v) is 24.8. The number of fused-ring (bicyclic) bond motifs is 1. The molecule has 2 aliphatic rings. The zero-order chi connectivity index (χ0) is 27.5. The second kappa shape index (κ2) is 11.9. The SMILES string of the molecule is CCCC1=C(C(=O)OCC)[C@@H](c2cc(Br)ccc2OC)n2c(s/c(=C\c3ccc(N4CCCC4)cc3)c2=O)=N1. The highest BCUT2D eigenvalue weighted by Gasteiger charge is 2.36. The van der Waals surface area contributed by atoms with E-state index in [-0.39, 0.29) is 12.2 Å². The number of methoxy groups -OCH3 is 1. The molecule has 1 atom stereocenters. The summed E-state index contributed by atoms with van der Waals surface area (Å²) in [5, 5.41) is 0. The van der Waals surface area contributed by atoms with Crippen molar-refractivity contribution in [1.82, 2.24) is 4.57 Å². The third kappa shape index (κ3) is 5.47. The van der Waals surface area contributed by atoms with Crippen molar-refractivity contribution in [3.05, 3.63) is 89.0 Å². The van der Waals surface area contributed by atoms with Gasteiger partial charge in [-0.2, -0.15) is 0 Å². The van der Waals surface area contributed by atoms with Gasteiger partial charge in [0, 0.05) is 28.8 Å². The molecule has 0 saturated carbocycles. The molecule has 2 aromatic carbocycles. The van der Waals surface area contributed by atoms with Crippen LogP contribution < -0.4 is 24.5 Å². The van der Waals surface area contributed by atoms with E-state index in [9.17, 15) is 9.59 Å². The highest BCUT2D eigenvalue weighted by atomic mass is 79.9. The number of thiazole rings is 1. The Bertz CT molecular complexity index is 1580. The van der Waals surface area contributed by atoms with Crippen LogP contribution in [-0.2, 0) is 9.53 Å². The Morgan fingerprint density at radius 3 is 2.56 bits per heavy atom. The Balaban J connectivity index is 1.69. The molecule has 0 radical (unpaired) electrons. The number of ether oxygens (including phenoxy) is 2. The molecule has 0 amide bonds. The first-order chi connectivity index (χ1) is 18.9. The van der Waals surface area contributed by atoms with Crippen LogP contribution in [0.25, 0.3) is 6.08 Å². The van der Waals surface area contributed by atoms with Gasteiger partial charge < -0.3 is 14.4 Å². The topological polar surface area (TPSA) is 73.1 Å². The first-order valence-corrected chi connectivity index (χ1v) is 15.0. The second-order valence-electron chi connectivity index (χ2n) is 9.59. The van der Waals surface area contributed by atoms with Crippen molar-refractivity contribution in [2.45, 2.75) is 45.6 Å². The molecule has 1 aromatic heterocycles. The van der Waals surface area contributed by atoms with E-state index in [1.165, 1.54) is 29.9 Å². The smallest absolute Gasteiger partial charge is 0.338 e. The lowest BCUT2D eigenvalue weighted by atomic mass is 9.93. The fraction of sp³-hybridized carbons (Fsp3) is 0.367. The van der Waals surface area contributed by atoms with Crippen LogP contribution in [0.2, 0.25) is 0 Å². The average molecular weight is 611 g/mol. The first-order valence-electron chi connectivity index (χ1n) is 13.4. The molecule has 0 N–H and O–H groups in total. The first kappa shape index (κ1) is 27.4. The summed E-state index contributed by atoms with van der Waals surface area (Å²) < 4.78 is 14.2. The molecule has 9 heteroatoms. The van der Waals surface area contributed by atoms with Gasteiger partial charge in [0.05, 0.1) is 29.5 Å². The Morgan fingerprint density at radius 1 is 1.15 bits per heavy atom. The number of carbonyl (C=O) groups excluding carboxylic acids is 1.